The van der Waals surface area contributed by atoms with Crippen LogP contribution in [-0.2, 0) is 19.6 Å². The molecule has 0 saturated heterocycles. The molecular formula is C24H27ClN2O4. The number of halogens is 1. The number of carbonyl (C=O) groups is 1. The van der Waals surface area contributed by atoms with Crippen molar-refractivity contribution in [2.24, 2.45) is 0 Å². The van der Waals surface area contributed by atoms with Gasteiger partial charge in [0.15, 0.2) is 11.5 Å². The molecule has 0 spiro atoms. The van der Waals surface area contributed by atoms with E-state index in [1.807, 2.05) is 60.9 Å². The van der Waals surface area contributed by atoms with E-state index < -0.39 is 5.97 Å². The van der Waals surface area contributed by atoms with Gasteiger partial charge in [0.25, 0.3) is 0 Å². The molecule has 7 heteroatoms. The highest BCUT2D eigenvalue weighted by Crippen LogP contribution is 2.28. The van der Waals surface area contributed by atoms with Crippen molar-refractivity contribution >= 4 is 17.6 Å². The second-order valence-electron chi connectivity index (χ2n) is 7.34. The molecule has 0 fully saturated rings. The Morgan fingerprint density at radius 3 is 2.23 bits per heavy atom. The minimum atomic E-state index is -0.918. The largest absolute Gasteiger partial charge is 0.493 e. The summed E-state index contributed by atoms with van der Waals surface area (Å²) in [7, 11) is 3.20. The minimum Gasteiger partial charge on any atom is -0.493 e. The lowest BCUT2D eigenvalue weighted by molar-refractivity contribution is 0.0694. The molecule has 2 N–H and O–H groups in total. The lowest BCUT2D eigenvalue weighted by atomic mass is 10.1. The Morgan fingerprint density at radius 1 is 0.968 bits per heavy atom. The Morgan fingerprint density at radius 2 is 1.61 bits per heavy atom. The van der Waals surface area contributed by atoms with Crippen LogP contribution in [0.25, 0.3) is 0 Å². The predicted molar refractivity (Wildman–Crippen MR) is 122 cm³/mol. The first kappa shape index (κ1) is 22.7. The molecule has 0 atom stereocenters. The lowest BCUT2D eigenvalue weighted by Gasteiger charge is -2.11. The maximum absolute atomic E-state index is 12.0. The van der Waals surface area contributed by atoms with E-state index in [0.29, 0.717) is 41.7 Å². The van der Waals surface area contributed by atoms with Crippen LogP contribution in [0.5, 0.6) is 11.5 Å². The molecule has 0 unspecified atom stereocenters. The number of methoxy groups -OCH3 is 2. The van der Waals surface area contributed by atoms with Gasteiger partial charge in [-0.1, -0.05) is 29.8 Å². The summed E-state index contributed by atoms with van der Waals surface area (Å²) in [5, 5.41) is 13.9. The summed E-state index contributed by atoms with van der Waals surface area (Å²) < 4.78 is 12.7. The number of aromatic carboxylic acids is 1. The van der Waals surface area contributed by atoms with Crippen molar-refractivity contribution < 1.29 is 19.4 Å². The molecule has 6 nitrogen and oxygen atoms in total. The molecule has 0 saturated carbocycles. The first-order chi connectivity index (χ1) is 14.8. The fourth-order valence-corrected chi connectivity index (χ4v) is 3.91. The molecule has 1 aromatic heterocycles. The first-order valence-electron chi connectivity index (χ1n) is 9.93. The quantitative estimate of drug-likeness (QED) is 0.497. The maximum atomic E-state index is 12.0. The summed E-state index contributed by atoms with van der Waals surface area (Å²) in [5.41, 5.74) is 4.90. The zero-order valence-corrected chi connectivity index (χ0v) is 18.9. The molecule has 0 aliphatic rings. The minimum absolute atomic E-state index is 0.353. The monoisotopic (exact) mass is 442 g/mol. The lowest BCUT2D eigenvalue weighted by Crippen LogP contribution is -2.15. The summed E-state index contributed by atoms with van der Waals surface area (Å²) >= 11 is 5.98. The highest BCUT2D eigenvalue weighted by molar-refractivity contribution is 6.30. The third-order valence-electron chi connectivity index (χ3n) is 5.46. The van der Waals surface area contributed by atoms with Gasteiger partial charge < -0.3 is 24.5 Å². The van der Waals surface area contributed by atoms with Crippen LogP contribution in [0.4, 0.5) is 0 Å². The number of ether oxygens (including phenoxy) is 2. The second-order valence-corrected chi connectivity index (χ2v) is 7.77. The van der Waals surface area contributed by atoms with Gasteiger partial charge >= 0.3 is 5.97 Å². The molecule has 0 aliphatic heterocycles. The molecule has 2 aromatic carbocycles. The molecule has 3 aromatic rings. The van der Waals surface area contributed by atoms with Crippen molar-refractivity contribution in [3.8, 4) is 11.5 Å². The van der Waals surface area contributed by atoms with E-state index in [4.69, 9.17) is 21.1 Å². The van der Waals surface area contributed by atoms with Crippen LogP contribution < -0.4 is 14.8 Å². The van der Waals surface area contributed by atoms with Gasteiger partial charge in [0.1, 0.15) is 0 Å². The molecule has 1 heterocycles. The van der Waals surface area contributed by atoms with Crippen LogP contribution in [0.15, 0.2) is 42.5 Å². The van der Waals surface area contributed by atoms with Gasteiger partial charge in [-0.05, 0) is 49.2 Å². The Bertz CT molecular complexity index is 1070. The van der Waals surface area contributed by atoms with E-state index in [1.54, 1.807) is 14.2 Å². The van der Waals surface area contributed by atoms with Crippen molar-refractivity contribution in [2.75, 3.05) is 14.2 Å². The van der Waals surface area contributed by atoms with Crippen LogP contribution in [0.2, 0.25) is 5.02 Å². The van der Waals surface area contributed by atoms with Gasteiger partial charge in [-0.3, -0.25) is 0 Å². The normalized spacial score (nSPS) is 10.9. The summed E-state index contributed by atoms with van der Waals surface area (Å²) in [4.78, 5) is 12.0. The molecule has 164 valence electrons. The molecule has 3 rings (SSSR count). The van der Waals surface area contributed by atoms with Crippen LogP contribution in [0.3, 0.4) is 0 Å². The average molecular weight is 443 g/mol. The summed E-state index contributed by atoms with van der Waals surface area (Å²) in [6.45, 7) is 5.41. The standard InChI is InChI=1S/C24H27ClN2O4/c1-15-20(13-26-12-18-7-10-21(30-3)22(11-18)31-4)23(24(28)29)16(2)27(15)14-17-5-8-19(25)9-6-17/h5-11,26H,12-14H2,1-4H3,(H,28,29). The third kappa shape index (κ3) is 5.03. The van der Waals surface area contributed by atoms with E-state index in [1.165, 1.54) is 0 Å². The summed E-state index contributed by atoms with van der Waals surface area (Å²) in [5.74, 6) is 0.415. The number of carboxylic acids is 1. The van der Waals surface area contributed by atoms with Gasteiger partial charge in [-0.15, -0.1) is 0 Å². The number of benzene rings is 2. The van der Waals surface area contributed by atoms with Crippen molar-refractivity contribution in [1.82, 2.24) is 9.88 Å². The fraction of sp³-hybridized carbons (Fsp3) is 0.292. The molecule has 0 bridgehead atoms. The maximum Gasteiger partial charge on any atom is 0.337 e. The van der Waals surface area contributed by atoms with E-state index in [0.717, 1.165) is 28.1 Å². The van der Waals surface area contributed by atoms with Crippen molar-refractivity contribution in [2.45, 2.75) is 33.5 Å². The zero-order valence-electron chi connectivity index (χ0n) is 18.2. The predicted octanol–water partition coefficient (Wildman–Crippen LogP) is 4.81. The van der Waals surface area contributed by atoms with Gasteiger partial charge in [0.2, 0.25) is 0 Å². The van der Waals surface area contributed by atoms with Crippen LogP contribution in [0, 0.1) is 13.8 Å². The van der Waals surface area contributed by atoms with Gasteiger partial charge in [0, 0.05) is 41.6 Å². The number of carboxylic acid groups (broad SMARTS) is 1. The smallest absolute Gasteiger partial charge is 0.337 e. The average Bonchev–Trinajstić information content (AvgIpc) is 2.99. The Labute approximate surface area is 187 Å². The molecule has 31 heavy (non-hydrogen) atoms. The first-order valence-corrected chi connectivity index (χ1v) is 10.3. The Hall–Kier alpha value is -2.96. The van der Waals surface area contributed by atoms with Crippen molar-refractivity contribution in [3.05, 3.63) is 81.1 Å². The number of rotatable bonds is 9. The highest BCUT2D eigenvalue weighted by atomic mass is 35.5. The van der Waals surface area contributed by atoms with Crippen molar-refractivity contribution in [3.63, 3.8) is 0 Å². The fourth-order valence-electron chi connectivity index (χ4n) is 3.78. The SMILES string of the molecule is COc1ccc(CNCc2c(C(=O)O)c(C)n(Cc3ccc(Cl)cc3)c2C)cc1OC. The Balaban J connectivity index is 1.80. The number of aromatic nitrogens is 1. The topological polar surface area (TPSA) is 72.7 Å². The number of nitrogens with one attached hydrogen (secondary N) is 1. The third-order valence-corrected chi connectivity index (χ3v) is 5.71. The highest BCUT2D eigenvalue weighted by Gasteiger charge is 2.22. The van der Waals surface area contributed by atoms with Crippen LogP contribution in [0.1, 0.15) is 38.4 Å². The van der Waals surface area contributed by atoms with E-state index in [9.17, 15) is 9.90 Å². The molecule has 0 amide bonds. The van der Waals surface area contributed by atoms with Crippen LogP contribution >= 0.6 is 11.6 Å². The van der Waals surface area contributed by atoms with E-state index >= 15 is 0 Å². The van der Waals surface area contributed by atoms with Gasteiger partial charge in [-0.2, -0.15) is 0 Å². The van der Waals surface area contributed by atoms with Crippen LogP contribution in [-0.4, -0.2) is 29.9 Å². The van der Waals surface area contributed by atoms with Gasteiger partial charge in [-0.25, -0.2) is 4.79 Å². The summed E-state index contributed by atoms with van der Waals surface area (Å²) in [6.07, 6.45) is 0. The molecule has 0 radical (unpaired) electrons. The molecular weight excluding hydrogens is 416 g/mol. The van der Waals surface area contributed by atoms with E-state index in [-0.39, 0.29) is 0 Å². The molecule has 0 aliphatic carbocycles. The second kappa shape index (κ2) is 9.90. The number of hydrogen-bond donors (Lipinski definition) is 2. The summed E-state index contributed by atoms with van der Waals surface area (Å²) in [6, 6.07) is 13.3. The Kier molecular flexibility index (Phi) is 7.25. The van der Waals surface area contributed by atoms with Gasteiger partial charge in [0.05, 0.1) is 19.8 Å². The number of nitrogens with zero attached hydrogens (tertiary/aromatic N) is 1. The van der Waals surface area contributed by atoms with Crippen molar-refractivity contribution in [1.29, 1.82) is 0 Å². The number of hydrogen-bond acceptors (Lipinski definition) is 4. The van der Waals surface area contributed by atoms with E-state index in [2.05, 4.69) is 5.32 Å². The zero-order chi connectivity index (χ0) is 22.5.